The number of benzene rings is 1. The van der Waals surface area contributed by atoms with Crippen molar-refractivity contribution in [2.75, 3.05) is 11.9 Å². The largest absolute Gasteiger partial charge is 0.443 e. The molecule has 0 heterocycles. The second kappa shape index (κ2) is 5.84. The van der Waals surface area contributed by atoms with Gasteiger partial charge in [-0.3, -0.25) is 4.90 Å². The van der Waals surface area contributed by atoms with Crippen molar-refractivity contribution in [1.82, 2.24) is 0 Å². The summed E-state index contributed by atoms with van der Waals surface area (Å²) >= 11 is 4.41. The molecule has 0 aliphatic carbocycles. The lowest BCUT2D eigenvalue weighted by molar-refractivity contribution is 0.0589. The van der Waals surface area contributed by atoms with E-state index in [1.165, 1.54) is 4.90 Å². The van der Waals surface area contributed by atoms with Crippen molar-refractivity contribution in [3.63, 3.8) is 0 Å². The Balaban J connectivity index is 3.03. The maximum Gasteiger partial charge on any atom is 0.414 e. The van der Waals surface area contributed by atoms with Crippen LogP contribution in [-0.4, -0.2) is 18.7 Å². The van der Waals surface area contributed by atoms with Crippen molar-refractivity contribution in [1.29, 1.82) is 0 Å². The summed E-state index contributed by atoms with van der Waals surface area (Å²) in [6, 6.07) is 3.72. The van der Waals surface area contributed by atoms with Gasteiger partial charge in [-0.1, -0.05) is 0 Å². The molecule has 0 unspecified atom stereocenters. The van der Waals surface area contributed by atoms with Crippen molar-refractivity contribution in [2.24, 2.45) is 5.73 Å². The molecule has 1 amide bonds. The molecule has 0 saturated carbocycles. The van der Waals surface area contributed by atoms with Gasteiger partial charge in [0.25, 0.3) is 0 Å². The number of rotatable bonds is 2. The second-order valence-corrected chi connectivity index (χ2v) is 5.97. The van der Waals surface area contributed by atoms with Gasteiger partial charge in [0, 0.05) is 24.2 Å². The Bertz CT molecular complexity index is 481. The third-order valence-corrected chi connectivity index (χ3v) is 3.21. The van der Waals surface area contributed by atoms with Gasteiger partial charge in [0.05, 0.1) is 0 Å². The van der Waals surface area contributed by atoms with E-state index in [-0.39, 0.29) is 0 Å². The summed E-state index contributed by atoms with van der Waals surface area (Å²) < 4.78 is 5.33. The van der Waals surface area contributed by atoms with Gasteiger partial charge in [-0.25, -0.2) is 4.79 Å². The lowest BCUT2D eigenvalue weighted by Gasteiger charge is -2.25. The molecule has 1 aromatic rings. The first kappa shape index (κ1) is 15.9. The van der Waals surface area contributed by atoms with E-state index in [1.807, 2.05) is 39.8 Å². The molecule has 106 valence electrons. The Hall–Kier alpha value is -1.20. The van der Waals surface area contributed by atoms with E-state index in [9.17, 15) is 4.79 Å². The fourth-order valence-corrected chi connectivity index (χ4v) is 1.86. The summed E-state index contributed by atoms with van der Waals surface area (Å²) in [6.07, 6.45) is -0.396. The monoisotopic (exact) mass is 282 g/mol. The molecule has 1 rings (SSSR count). The lowest BCUT2D eigenvalue weighted by atomic mass is 10.1. The second-order valence-electron chi connectivity index (χ2n) is 5.49. The molecule has 1 aromatic carbocycles. The minimum atomic E-state index is -0.517. The van der Waals surface area contributed by atoms with E-state index in [0.717, 1.165) is 21.7 Å². The average molecular weight is 282 g/mol. The summed E-state index contributed by atoms with van der Waals surface area (Å²) in [6.45, 7) is 7.88. The number of hydrogen-bond acceptors (Lipinski definition) is 4. The number of ether oxygens (including phenoxy) is 1. The zero-order chi connectivity index (χ0) is 14.8. The fraction of sp³-hybridized carbons (Fsp3) is 0.500. The van der Waals surface area contributed by atoms with Crippen molar-refractivity contribution in [2.45, 2.75) is 44.7 Å². The van der Waals surface area contributed by atoms with E-state index in [4.69, 9.17) is 10.5 Å². The maximum atomic E-state index is 12.0. The van der Waals surface area contributed by atoms with Crippen molar-refractivity contribution < 1.29 is 9.53 Å². The maximum absolute atomic E-state index is 12.0. The van der Waals surface area contributed by atoms with Crippen LogP contribution in [0.4, 0.5) is 10.5 Å². The smallest absolute Gasteiger partial charge is 0.414 e. The normalized spacial score (nSPS) is 11.3. The third-order valence-electron chi connectivity index (χ3n) is 2.75. The highest BCUT2D eigenvalue weighted by Crippen LogP contribution is 2.26. The zero-order valence-electron chi connectivity index (χ0n) is 12.2. The third kappa shape index (κ3) is 4.14. The minimum Gasteiger partial charge on any atom is -0.443 e. The number of nitrogens with zero attached hydrogens (tertiary/aromatic N) is 1. The SMILES string of the molecule is Cc1c(S)cc(N(C)C(=O)OC(C)(C)C)cc1CN. The first-order valence-corrected chi connectivity index (χ1v) is 6.59. The van der Waals surface area contributed by atoms with Crippen LogP contribution in [0.3, 0.4) is 0 Å². The van der Waals surface area contributed by atoms with E-state index >= 15 is 0 Å². The van der Waals surface area contributed by atoms with Crippen LogP contribution in [0.2, 0.25) is 0 Å². The van der Waals surface area contributed by atoms with Gasteiger partial charge >= 0.3 is 6.09 Å². The minimum absolute atomic E-state index is 0.396. The van der Waals surface area contributed by atoms with Crippen LogP contribution in [0.25, 0.3) is 0 Å². The Morgan fingerprint density at radius 2 is 2.00 bits per heavy atom. The molecule has 19 heavy (non-hydrogen) atoms. The quantitative estimate of drug-likeness (QED) is 0.819. The van der Waals surface area contributed by atoms with Gasteiger partial charge in [-0.2, -0.15) is 0 Å². The van der Waals surface area contributed by atoms with Crippen LogP contribution in [0, 0.1) is 6.92 Å². The Morgan fingerprint density at radius 1 is 1.42 bits per heavy atom. The van der Waals surface area contributed by atoms with Crippen molar-refractivity contribution >= 4 is 24.4 Å². The van der Waals surface area contributed by atoms with Gasteiger partial charge in [-0.05, 0) is 51.0 Å². The highest BCUT2D eigenvalue weighted by Gasteiger charge is 2.21. The van der Waals surface area contributed by atoms with E-state index < -0.39 is 11.7 Å². The molecule has 0 spiro atoms. The van der Waals surface area contributed by atoms with E-state index in [1.54, 1.807) is 7.05 Å². The Morgan fingerprint density at radius 3 is 2.47 bits per heavy atom. The summed E-state index contributed by atoms with van der Waals surface area (Å²) in [4.78, 5) is 14.3. The van der Waals surface area contributed by atoms with Crippen LogP contribution in [0.5, 0.6) is 0 Å². The first-order chi connectivity index (χ1) is 8.65. The lowest BCUT2D eigenvalue weighted by Crippen LogP contribution is -2.34. The molecule has 0 radical (unpaired) electrons. The summed E-state index contributed by atoms with van der Waals surface area (Å²) in [5, 5.41) is 0. The van der Waals surface area contributed by atoms with Crippen LogP contribution >= 0.6 is 12.6 Å². The molecule has 4 nitrogen and oxygen atoms in total. The number of anilines is 1. The molecule has 5 heteroatoms. The number of carbonyl (C=O) groups is 1. The highest BCUT2D eigenvalue weighted by atomic mass is 32.1. The number of thiol groups is 1. The van der Waals surface area contributed by atoms with E-state index in [2.05, 4.69) is 12.6 Å². The molecule has 0 aromatic heterocycles. The topological polar surface area (TPSA) is 55.6 Å². The molecule has 2 N–H and O–H groups in total. The Kier molecular flexibility index (Phi) is 4.87. The number of carbonyl (C=O) groups excluding carboxylic acids is 1. The summed E-state index contributed by atoms with van der Waals surface area (Å²) in [7, 11) is 1.67. The van der Waals surface area contributed by atoms with Crippen molar-refractivity contribution in [3.05, 3.63) is 23.3 Å². The molecular weight excluding hydrogens is 260 g/mol. The van der Waals surface area contributed by atoms with Gasteiger partial charge in [0.15, 0.2) is 0 Å². The van der Waals surface area contributed by atoms with Gasteiger partial charge in [-0.15, -0.1) is 12.6 Å². The predicted molar refractivity (Wildman–Crippen MR) is 81.0 cm³/mol. The number of amides is 1. The summed E-state index contributed by atoms with van der Waals surface area (Å²) in [5.41, 5.74) is 7.91. The van der Waals surface area contributed by atoms with Gasteiger partial charge in [0.1, 0.15) is 5.60 Å². The molecule has 0 saturated heterocycles. The highest BCUT2D eigenvalue weighted by molar-refractivity contribution is 7.80. The zero-order valence-corrected chi connectivity index (χ0v) is 13.0. The van der Waals surface area contributed by atoms with Crippen LogP contribution in [0.1, 0.15) is 31.9 Å². The molecule has 0 bridgehead atoms. The van der Waals surface area contributed by atoms with Gasteiger partial charge < -0.3 is 10.5 Å². The Labute approximate surface area is 120 Å². The molecular formula is C14H22N2O2S. The van der Waals surface area contributed by atoms with Crippen LogP contribution in [-0.2, 0) is 11.3 Å². The van der Waals surface area contributed by atoms with E-state index in [0.29, 0.717) is 6.54 Å². The molecule has 0 aliphatic heterocycles. The fourth-order valence-electron chi connectivity index (χ4n) is 1.58. The molecule has 0 aliphatic rings. The average Bonchev–Trinajstić information content (AvgIpc) is 2.29. The van der Waals surface area contributed by atoms with Crippen LogP contribution < -0.4 is 10.6 Å². The van der Waals surface area contributed by atoms with Crippen molar-refractivity contribution in [3.8, 4) is 0 Å². The molecule has 0 atom stereocenters. The van der Waals surface area contributed by atoms with Gasteiger partial charge in [0.2, 0.25) is 0 Å². The van der Waals surface area contributed by atoms with Crippen LogP contribution in [0.15, 0.2) is 17.0 Å². The summed E-state index contributed by atoms with van der Waals surface area (Å²) in [5.74, 6) is 0. The standard InChI is InChI=1S/C14H22N2O2S/c1-9-10(8-15)6-11(7-12(9)19)16(5)13(17)18-14(2,3)4/h6-7,19H,8,15H2,1-5H3. The number of nitrogens with two attached hydrogens (primary N) is 1. The number of hydrogen-bond donors (Lipinski definition) is 2. The molecule has 0 fully saturated rings. The first-order valence-electron chi connectivity index (χ1n) is 6.15. The predicted octanol–water partition coefficient (Wildman–Crippen LogP) is 3.11.